The molecule has 0 saturated carbocycles. The molecule has 2 aromatic carbocycles. The number of thiazole rings is 1. The molecule has 242 valence electrons. The van der Waals surface area contributed by atoms with Crippen LogP contribution in [0.15, 0.2) is 53.0 Å². The fourth-order valence-electron chi connectivity index (χ4n) is 4.05. The molecule has 18 heteroatoms. The summed E-state index contributed by atoms with van der Waals surface area (Å²) in [7, 11) is -2.71. The minimum atomic E-state index is -3.93. The highest BCUT2D eigenvalue weighted by Crippen LogP contribution is 2.28. The first-order chi connectivity index (χ1) is 21.6. The summed E-state index contributed by atoms with van der Waals surface area (Å²) in [6.45, 7) is -1.00. The first kappa shape index (κ1) is 34.0. The summed E-state index contributed by atoms with van der Waals surface area (Å²) in [5.41, 5.74) is 1.72. The van der Waals surface area contributed by atoms with Gasteiger partial charge in [-0.15, -0.1) is 16.4 Å². The number of benzene rings is 2. The van der Waals surface area contributed by atoms with E-state index < -0.39 is 40.7 Å². The predicted molar refractivity (Wildman–Crippen MR) is 164 cm³/mol. The Morgan fingerprint density at radius 1 is 1.20 bits per heavy atom. The van der Waals surface area contributed by atoms with Crippen molar-refractivity contribution in [3.05, 3.63) is 59.9 Å². The number of rotatable bonds is 17. The van der Waals surface area contributed by atoms with Crippen LogP contribution in [0.1, 0.15) is 23.7 Å². The third-order valence-corrected chi connectivity index (χ3v) is 9.60. The zero-order valence-corrected chi connectivity index (χ0v) is 26.4. The van der Waals surface area contributed by atoms with Gasteiger partial charge in [-0.1, -0.05) is 17.3 Å². The number of aliphatic hydroxyl groups is 1. The maximum absolute atomic E-state index is 13.3. The number of ether oxygens (including phenoxy) is 3. The monoisotopic (exact) mass is 682 g/mol. The molecule has 45 heavy (non-hydrogen) atoms. The topological polar surface area (TPSA) is 198 Å². The average Bonchev–Trinajstić information content (AvgIpc) is 3.68. The van der Waals surface area contributed by atoms with Crippen molar-refractivity contribution in [3.8, 4) is 11.5 Å². The highest BCUT2D eigenvalue weighted by molar-refractivity contribution is 7.98. The minimum Gasteiger partial charge on any atom is -0.491 e. The van der Waals surface area contributed by atoms with Crippen LogP contribution in [-0.2, 0) is 36.7 Å². The van der Waals surface area contributed by atoms with Crippen LogP contribution in [0.3, 0.4) is 0 Å². The number of sulfonamides is 1. The summed E-state index contributed by atoms with van der Waals surface area (Å²) in [4.78, 5) is 29.8. The second-order valence-corrected chi connectivity index (χ2v) is 13.2. The number of thioether (sulfide) groups is 1. The molecule has 0 spiro atoms. The van der Waals surface area contributed by atoms with E-state index in [0.717, 1.165) is 16.9 Å². The Hall–Kier alpha value is -3.84. The molecule has 2 heterocycles. The van der Waals surface area contributed by atoms with Crippen LogP contribution in [-0.4, -0.2) is 84.2 Å². The van der Waals surface area contributed by atoms with Crippen LogP contribution < -0.4 is 19.9 Å². The number of nitrogens with one attached hydrogen (secondary N) is 1. The van der Waals surface area contributed by atoms with Gasteiger partial charge in [-0.05, 0) is 35.9 Å². The van der Waals surface area contributed by atoms with Gasteiger partial charge in [0.1, 0.15) is 49.2 Å². The molecule has 0 unspecified atom stereocenters. The van der Waals surface area contributed by atoms with Crippen LogP contribution >= 0.6 is 23.1 Å². The Balaban J connectivity index is 1.36. The van der Waals surface area contributed by atoms with Gasteiger partial charge in [-0.3, -0.25) is 4.79 Å². The van der Waals surface area contributed by atoms with Crippen molar-refractivity contribution in [3.63, 3.8) is 0 Å². The lowest BCUT2D eigenvalue weighted by Crippen LogP contribution is -2.46. The fourth-order valence-corrected chi connectivity index (χ4v) is 6.72. The van der Waals surface area contributed by atoms with E-state index in [1.807, 2.05) is 6.07 Å². The molecule has 0 aliphatic carbocycles. The molecule has 14 nitrogen and oxygen atoms in total. The third kappa shape index (κ3) is 9.57. The summed E-state index contributed by atoms with van der Waals surface area (Å²) in [6, 6.07) is 10.0. The van der Waals surface area contributed by atoms with Crippen LogP contribution in [0.5, 0.6) is 11.5 Å². The number of amides is 1. The Morgan fingerprint density at radius 2 is 2.00 bits per heavy atom. The highest BCUT2D eigenvalue weighted by Gasteiger charge is 2.28. The van der Waals surface area contributed by atoms with Gasteiger partial charge in [-0.25, -0.2) is 32.4 Å². The van der Waals surface area contributed by atoms with Crippen LogP contribution in [0.4, 0.5) is 4.39 Å². The van der Waals surface area contributed by atoms with E-state index in [4.69, 9.17) is 19.3 Å². The van der Waals surface area contributed by atoms with Crippen molar-refractivity contribution in [2.75, 3.05) is 32.8 Å². The Labute approximate surface area is 266 Å². The lowest BCUT2D eigenvalue weighted by atomic mass is 10.2. The summed E-state index contributed by atoms with van der Waals surface area (Å²) in [5, 5.41) is 25.6. The second kappa shape index (κ2) is 15.9. The second-order valence-electron chi connectivity index (χ2n) is 9.45. The lowest BCUT2D eigenvalue weighted by Gasteiger charge is -2.21. The van der Waals surface area contributed by atoms with E-state index in [0.29, 0.717) is 33.2 Å². The third-order valence-electron chi connectivity index (χ3n) is 6.15. The smallest absolute Gasteiger partial charge is 0.329 e. The number of nitrogens with zero attached hydrogens (tertiary/aromatic N) is 4. The van der Waals surface area contributed by atoms with E-state index in [-0.39, 0.29) is 36.3 Å². The van der Waals surface area contributed by atoms with Crippen molar-refractivity contribution in [2.45, 2.75) is 35.2 Å². The van der Waals surface area contributed by atoms with Crippen molar-refractivity contribution in [2.24, 2.45) is 5.14 Å². The zero-order chi connectivity index (χ0) is 32.4. The van der Waals surface area contributed by atoms with E-state index in [1.54, 1.807) is 36.4 Å². The number of carbonyl (C=O) groups is 2. The molecule has 4 N–H and O–H groups in total. The molecule has 2 aromatic heterocycles. The van der Waals surface area contributed by atoms with Crippen molar-refractivity contribution < 1.29 is 41.7 Å². The number of fused-ring (bicyclic) bond motifs is 1. The van der Waals surface area contributed by atoms with Gasteiger partial charge in [0.25, 0.3) is 10.0 Å². The summed E-state index contributed by atoms with van der Waals surface area (Å²) >= 11 is 2.30. The molecule has 4 rings (SSSR count). The largest absolute Gasteiger partial charge is 0.491 e. The maximum Gasteiger partial charge on any atom is 0.329 e. The summed E-state index contributed by atoms with van der Waals surface area (Å²) < 4.78 is 53.2. The van der Waals surface area contributed by atoms with E-state index in [9.17, 15) is 27.5 Å². The van der Waals surface area contributed by atoms with Gasteiger partial charge in [-0.2, -0.15) is 11.8 Å². The number of methoxy groups -OCH3 is 1. The number of nitrogens with two attached hydrogens (primary N) is 1. The quantitative estimate of drug-likeness (QED) is 0.137. The average molecular weight is 683 g/mol. The Kier molecular flexibility index (Phi) is 12.1. The Morgan fingerprint density at radius 3 is 2.73 bits per heavy atom. The highest BCUT2D eigenvalue weighted by atomic mass is 32.2. The summed E-state index contributed by atoms with van der Waals surface area (Å²) in [5.74, 6) is 0.433. The predicted octanol–water partition coefficient (Wildman–Crippen LogP) is 1.98. The lowest BCUT2D eigenvalue weighted by molar-refractivity contribution is -0.144. The number of hydrogen-bond donors (Lipinski definition) is 3. The number of halogens is 1. The van der Waals surface area contributed by atoms with E-state index in [2.05, 4.69) is 20.6 Å². The molecule has 1 amide bonds. The number of primary sulfonamides is 1. The molecule has 4 aromatic rings. The van der Waals surface area contributed by atoms with Crippen LogP contribution in [0, 0.1) is 0 Å². The van der Waals surface area contributed by atoms with Gasteiger partial charge >= 0.3 is 5.97 Å². The number of alkyl halides is 1. The minimum absolute atomic E-state index is 0.00335. The van der Waals surface area contributed by atoms with Crippen molar-refractivity contribution in [1.29, 1.82) is 0 Å². The SMILES string of the molecule is COC(=O)[C@@H](CSCc1cccc(OCCF)c1)NC(=O)[C@H](CCO)n1cc(COc2ccc3nc(S(N)(=O)=O)sc3c2)nn1. The van der Waals surface area contributed by atoms with Gasteiger partial charge < -0.3 is 24.6 Å². The van der Waals surface area contributed by atoms with Crippen LogP contribution in [0.2, 0.25) is 0 Å². The number of esters is 1. The first-order valence-electron chi connectivity index (χ1n) is 13.4. The molecule has 0 aliphatic heterocycles. The molecule has 0 aliphatic rings. The molecule has 0 bridgehead atoms. The van der Waals surface area contributed by atoms with Gasteiger partial charge in [0, 0.05) is 24.5 Å². The fraction of sp³-hybridized carbons (Fsp3) is 0.370. The molecule has 0 saturated heterocycles. The Bertz CT molecular complexity index is 1720. The zero-order valence-electron chi connectivity index (χ0n) is 24.0. The van der Waals surface area contributed by atoms with E-state index >= 15 is 0 Å². The van der Waals surface area contributed by atoms with Crippen molar-refractivity contribution >= 4 is 55.2 Å². The maximum atomic E-state index is 13.3. The molecule has 0 fully saturated rings. The number of aliphatic hydroxyl groups excluding tert-OH is 1. The number of aromatic nitrogens is 4. The molecule has 2 atom stereocenters. The molecule has 0 radical (unpaired) electrons. The standard InChI is InChI=1S/C27H31FN6O8S3/c1-40-26(37)22(16-43-15-17-3-2-4-19(11-17)41-10-8-28)30-25(36)23(7-9-35)34-13-18(32-33-34)14-42-20-5-6-21-24(12-20)44-27(31-21)45(29,38)39/h2-6,11-13,22-23,35H,7-10,14-16H2,1H3,(H,30,36)(H2,29,38,39)/t22-,23+/m1/s1. The first-order valence-corrected chi connectivity index (χ1v) is 16.9. The van der Waals surface area contributed by atoms with Gasteiger partial charge in [0.2, 0.25) is 10.2 Å². The number of hydrogen-bond acceptors (Lipinski definition) is 13. The molecular weight excluding hydrogens is 652 g/mol. The normalized spacial score (nSPS) is 12.9. The molecular formula is C27H31FN6O8S3. The van der Waals surface area contributed by atoms with Crippen molar-refractivity contribution in [1.82, 2.24) is 25.3 Å². The van der Waals surface area contributed by atoms with Crippen LogP contribution in [0.25, 0.3) is 10.2 Å². The summed E-state index contributed by atoms with van der Waals surface area (Å²) in [6.07, 6.45) is 1.49. The number of carbonyl (C=O) groups excluding carboxylic acids is 2. The van der Waals surface area contributed by atoms with Gasteiger partial charge in [0.15, 0.2) is 0 Å². The van der Waals surface area contributed by atoms with E-state index in [1.165, 1.54) is 29.8 Å². The van der Waals surface area contributed by atoms with Gasteiger partial charge in [0.05, 0.1) is 23.5 Å².